The molecule has 2 N–H and O–H groups in total. The first-order chi connectivity index (χ1) is 27.4. The summed E-state index contributed by atoms with van der Waals surface area (Å²) in [5, 5.41) is 0. The van der Waals surface area contributed by atoms with Crippen LogP contribution in [0.2, 0.25) is 0 Å². The van der Waals surface area contributed by atoms with Gasteiger partial charge in [-0.2, -0.15) is 17.5 Å². The number of alkyl halides is 3. The van der Waals surface area contributed by atoms with Gasteiger partial charge in [0.2, 0.25) is 0 Å². The van der Waals surface area contributed by atoms with E-state index in [2.05, 4.69) is 4.98 Å². The molecule has 4 aromatic rings. The van der Waals surface area contributed by atoms with Crippen LogP contribution in [0.5, 0.6) is 11.5 Å². The van der Waals surface area contributed by atoms with Crippen LogP contribution in [0, 0.1) is 6.92 Å². The number of aromatic amines is 1. The van der Waals surface area contributed by atoms with Crippen LogP contribution in [0.15, 0.2) is 101 Å². The minimum Gasteiger partial charge on any atom is -0.427 e. The Morgan fingerprint density at radius 2 is 1.45 bits per heavy atom. The average Bonchev–Trinajstić information content (AvgIpc) is 3.66. The van der Waals surface area contributed by atoms with Crippen molar-refractivity contribution in [2.75, 3.05) is 6.61 Å². The van der Waals surface area contributed by atoms with Crippen LogP contribution in [0.3, 0.4) is 0 Å². The lowest BCUT2D eigenvalue weighted by Gasteiger charge is -2.22. The molecule has 21 heteroatoms. The number of H-pyrrole nitrogens is 1. The number of nitrogens with one attached hydrogen (secondary N) is 1. The molecule has 3 unspecified atom stereocenters. The van der Waals surface area contributed by atoms with Crippen LogP contribution in [-0.4, -0.2) is 39.1 Å². The fourth-order valence-corrected chi connectivity index (χ4v) is 7.60. The van der Waals surface area contributed by atoms with Gasteiger partial charge < -0.3 is 19.1 Å². The van der Waals surface area contributed by atoms with Crippen molar-refractivity contribution in [1.29, 1.82) is 0 Å². The molecule has 1 aliphatic heterocycles. The molecule has 4 atom stereocenters. The molecule has 16 nitrogen and oxygen atoms in total. The second-order valence-corrected chi connectivity index (χ2v) is 15.9. The van der Waals surface area contributed by atoms with E-state index < -0.39 is 82.7 Å². The van der Waals surface area contributed by atoms with Crippen LogP contribution in [-0.2, 0) is 55.9 Å². The minimum atomic E-state index is -5.24. The summed E-state index contributed by atoms with van der Waals surface area (Å²) in [6.45, 7) is 1.77. The summed E-state index contributed by atoms with van der Waals surface area (Å²) >= 11 is 0. The van der Waals surface area contributed by atoms with E-state index in [-0.39, 0.29) is 34.6 Å². The average molecular weight is 853 g/mol. The highest BCUT2D eigenvalue weighted by atomic mass is 31.3. The zero-order valence-electron chi connectivity index (χ0n) is 30.8. The smallest absolute Gasteiger partial charge is 0.427 e. The van der Waals surface area contributed by atoms with Gasteiger partial charge in [-0.1, -0.05) is 43.7 Å². The fraction of sp³-hybridized carbons (Fsp3) is 0.297. The number of rotatable bonds is 18. The Bertz CT molecular complexity index is 2310. The molecule has 0 spiro atoms. The summed E-state index contributed by atoms with van der Waals surface area (Å²) in [5.74, 6) is -1.10. The van der Waals surface area contributed by atoms with E-state index in [1.807, 2.05) is 6.92 Å². The molecule has 58 heavy (non-hydrogen) atoms. The number of hydrogen-bond donors (Lipinski definition) is 2. The number of esters is 2. The van der Waals surface area contributed by atoms with E-state index >= 15 is 0 Å². The molecule has 0 amide bonds. The van der Waals surface area contributed by atoms with Crippen molar-refractivity contribution in [3.63, 3.8) is 0 Å². The molecular formula is C37H37F3N2O14P2. The van der Waals surface area contributed by atoms with Crippen LogP contribution < -0.4 is 20.7 Å². The maximum absolute atomic E-state index is 13.9. The standard InChI is InChI=1S/C37H37F3N2O14P2/c1-3-4-5-33(43)54-29-14-6-25(7-15-29)21-51-58(49,56-57(47,48)50-23-31-18-19-32(53-31)42-20-24(2)34(44)41-36(42)46)52-22-26-8-16-30(17-9-26)55-35(45)27-10-12-28(13-11-27)37(38,39)40/h6-20,31-32H,3-5,21-23H2,1-2H3,(H,47,48)(H,41,44,46)/t31?,32-,58?/m1/s1. The van der Waals surface area contributed by atoms with Gasteiger partial charge in [0, 0.05) is 18.2 Å². The Morgan fingerprint density at radius 3 is 2.02 bits per heavy atom. The number of aryl methyl sites for hydroxylation is 1. The van der Waals surface area contributed by atoms with Gasteiger partial charge in [0.15, 0.2) is 6.23 Å². The number of benzene rings is 3. The summed E-state index contributed by atoms with van der Waals surface area (Å²) in [5.41, 5.74) is -1.51. The third-order valence-corrected chi connectivity index (χ3v) is 11.1. The van der Waals surface area contributed by atoms with Gasteiger partial charge in [0.25, 0.3) is 5.56 Å². The van der Waals surface area contributed by atoms with Crippen molar-refractivity contribution in [3.8, 4) is 11.5 Å². The lowest BCUT2D eigenvalue weighted by atomic mass is 10.1. The van der Waals surface area contributed by atoms with Crippen molar-refractivity contribution in [3.05, 3.63) is 140 Å². The zero-order valence-corrected chi connectivity index (χ0v) is 32.6. The largest absolute Gasteiger partial charge is 0.484 e. The summed E-state index contributed by atoms with van der Waals surface area (Å²) in [4.78, 5) is 61.2. The number of ether oxygens (including phenoxy) is 3. The highest BCUT2D eigenvalue weighted by molar-refractivity contribution is 7.61. The van der Waals surface area contributed by atoms with E-state index in [1.165, 1.54) is 73.8 Å². The number of phosphoric ester groups is 2. The maximum Gasteiger partial charge on any atom is 0.484 e. The maximum atomic E-state index is 13.9. The summed E-state index contributed by atoms with van der Waals surface area (Å²) in [6.07, 6.45) is -0.699. The number of phosphoric acid groups is 2. The zero-order chi connectivity index (χ0) is 42.1. The minimum absolute atomic E-state index is 0.00283. The second kappa shape index (κ2) is 19.2. The van der Waals surface area contributed by atoms with Gasteiger partial charge in [-0.3, -0.25) is 32.7 Å². The predicted octanol–water partition coefficient (Wildman–Crippen LogP) is 7.31. The van der Waals surface area contributed by atoms with Crippen molar-refractivity contribution < 1.29 is 68.9 Å². The van der Waals surface area contributed by atoms with E-state index in [1.54, 1.807) is 0 Å². The molecule has 0 bridgehead atoms. The van der Waals surface area contributed by atoms with E-state index in [9.17, 15) is 46.4 Å². The number of hydrogen-bond acceptors (Lipinski definition) is 13. The lowest BCUT2D eigenvalue weighted by Crippen LogP contribution is -2.33. The fourth-order valence-electron chi connectivity index (χ4n) is 5.00. The van der Waals surface area contributed by atoms with Crippen LogP contribution >= 0.6 is 15.6 Å². The van der Waals surface area contributed by atoms with Gasteiger partial charge in [0.05, 0.1) is 30.9 Å². The van der Waals surface area contributed by atoms with Gasteiger partial charge in [0.1, 0.15) is 17.6 Å². The predicted molar refractivity (Wildman–Crippen MR) is 198 cm³/mol. The molecule has 0 aliphatic carbocycles. The third-order valence-electron chi connectivity index (χ3n) is 8.08. The monoisotopic (exact) mass is 852 g/mol. The van der Waals surface area contributed by atoms with Gasteiger partial charge >= 0.3 is 39.5 Å². The Labute approximate surface area is 328 Å². The van der Waals surface area contributed by atoms with Crippen molar-refractivity contribution >= 4 is 27.6 Å². The SMILES string of the molecule is CCCCC(=O)Oc1ccc(COP(=O)(OCc2ccc(OC(=O)c3ccc(C(F)(F)F)cc3)cc2)OP(=O)(O)OCC2C=C[C@H](n3cc(C)c(=O)[nH]c3=O)O2)cc1. The molecule has 1 aromatic heterocycles. The van der Waals surface area contributed by atoms with Crippen LogP contribution in [0.1, 0.15) is 65.0 Å². The second-order valence-electron chi connectivity index (χ2n) is 12.6. The number of halogens is 3. The highest BCUT2D eigenvalue weighted by Crippen LogP contribution is 2.64. The number of nitrogens with zero attached hydrogens (tertiary/aromatic N) is 1. The van der Waals surface area contributed by atoms with E-state index in [0.717, 1.165) is 35.3 Å². The highest BCUT2D eigenvalue weighted by Gasteiger charge is 2.39. The van der Waals surface area contributed by atoms with Gasteiger partial charge in [-0.25, -0.2) is 18.7 Å². The number of unbranched alkanes of at least 4 members (excludes halogenated alkanes) is 1. The molecule has 2 heterocycles. The summed E-state index contributed by atoms with van der Waals surface area (Å²) in [7, 11) is -10.2. The number of aromatic nitrogens is 2. The van der Waals surface area contributed by atoms with Crippen LogP contribution in [0.25, 0.3) is 0 Å². The summed E-state index contributed by atoms with van der Waals surface area (Å²) in [6, 6.07) is 14.7. The normalized spacial score (nSPS) is 17.3. The summed E-state index contributed by atoms with van der Waals surface area (Å²) < 4.78 is 104. The van der Waals surface area contributed by atoms with Crippen molar-refractivity contribution in [2.24, 2.45) is 0 Å². The molecule has 0 saturated heterocycles. The molecule has 310 valence electrons. The quantitative estimate of drug-likeness (QED) is 0.0436. The number of carbonyl (C=O) groups excluding carboxylic acids is 2. The molecular weight excluding hydrogens is 815 g/mol. The molecule has 0 fully saturated rings. The number of carbonyl (C=O) groups is 2. The van der Waals surface area contributed by atoms with Crippen LogP contribution in [0.4, 0.5) is 13.2 Å². The van der Waals surface area contributed by atoms with E-state index in [0.29, 0.717) is 12.0 Å². The Kier molecular flexibility index (Phi) is 14.6. The first kappa shape index (κ1) is 44.1. The third kappa shape index (κ3) is 12.8. The molecule has 0 radical (unpaired) electrons. The van der Waals surface area contributed by atoms with Crippen molar-refractivity contribution in [2.45, 2.75) is 64.8 Å². The first-order valence-electron chi connectivity index (χ1n) is 17.4. The van der Waals surface area contributed by atoms with Crippen molar-refractivity contribution in [1.82, 2.24) is 9.55 Å². The lowest BCUT2D eigenvalue weighted by molar-refractivity contribution is -0.137. The van der Waals surface area contributed by atoms with E-state index in [4.69, 9.17) is 32.1 Å². The van der Waals surface area contributed by atoms with Gasteiger partial charge in [-0.05, 0) is 79.1 Å². The first-order valence-corrected chi connectivity index (χ1v) is 20.4. The molecule has 5 rings (SSSR count). The Balaban J connectivity index is 1.23. The Hall–Kier alpha value is -4.97. The topological polar surface area (TPSA) is 208 Å². The molecule has 1 aliphatic rings. The molecule has 0 saturated carbocycles. The van der Waals surface area contributed by atoms with Gasteiger partial charge in [-0.15, -0.1) is 0 Å². The Morgan fingerprint density at radius 1 is 0.862 bits per heavy atom. The molecule has 3 aromatic carbocycles.